The number of pyridine rings is 2. The van der Waals surface area contributed by atoms with Gasteiger partial charge in [-0.25, -0.2) is 9.97 Å². The first-order valence-electron chi connectivity index (χ1n) is 17.2. The van der Waals surface area contributed by atoms with Crippen LogP contribution in [0, 0.1) is 0 Å². The number of hydrogen-bond donors (Lipinski definition) is 1. The largest absolute Gasteiger partial charge is 0.507 e. The van der Waals surface area contributed by atoms with Gasteiger partial charge in [-0.15, -0.1) is 0 Å². The number of nitrogens with zero attached hydrogens (tertiary/aromatic N) is 3. The summed E-state index contributed by atoms with van der Waals surface area (Å²) in [5.74, 6) is 1.79. The van der Waals surface area contributed by atoms with E-state index in [2.05, 4.69) is 137 Å². The monoisotopic (exact) mass is 653 g/mol. The summed E-state index contributed by atoms with van der Waals surface area (Å²) >= 11 is 0. The van der Waals surface area contributed by atoms with Gasteiger partial charge in [0.1, 0.15) is 17.4 Å². The van der Waals surface area contributed by atoms with Crippen molar-refractivity contribution in [3.05, 3.63) is 157 Å². The lowest BCUT2D eigenvalue weighted by atomic mass is 9.78. The molecule has 0 amide bonds. The topological polar surface area (TPSA) is 49.2 Å². The quantitative estimate of drug-likeness (QED) is 0.194. The number of phenols is 1. The minimum atomic E-state index is -0.0272. The molecule has 0 bridgehead atoms. The number of para-hydroxylation sites is 1. The molecule has 7 rings (SSSR count). The summed E-state index contributed by atoms with van der Waals surface area (Å²) in [6.45, 7) is 13.6. The molecule has 4 nitrogen and oxygen atoms in total. The number of phenolic OH excluding ortho intramolecular Hbond substituents is 1. The summed E-state index contributed by atoms with van der Waals surface area (Å²) in [4.78, 5) is 12.2. The maximum Gasteiger partial charge on any atom is 0.139 e. The van der Waals surface area contributed by atoms with Gasteiger partial charge in [-0.1, -0.05) is 126 Å². The molecule has 0 spiro atoms. The number of fused-ring (bicyclic) bond motifs is 1. The lowest BCUT2D eigenvalue weighted by molar-refractivity contribution is 0.477. The van der Waals surface area contributed by atoms with Crippen molar-refractivity contribution < 1.29 is 5.11 Å². The van der Waals surface area contributed by atoms with Crippen LogP contribution in [-0.4, -0.2) is 15.1 Å². The smallest absolute Gasteiger partial charge is 0.139 e. The van der Waals surface area contributed by atoms with E-state index in [-0.39, 0.29) is 16.6 Å². The molecule has 0 aliphatic heterocycles. The summed E-state index contributed by atoms with van der Waals surface area (Å²) in [6, 6.07) is 47.9. The zero-order valence-corrected chi connectivity index (χ0v) is 29.6. The van der Waals surface area contributed by atoms with E-state index in [1.165, 1.54) is 11.1 Å². The molecule has 0 fully saturated rings. The van der Waals surface area contributed by atoms with Gasteiger partial charge < -0.3 is 5.11 Å². The van der Waals surface area contributed by atoms with Crippen LogP contribution in [0.25, 0.3) is 44.3 Å². The minimum Gasteiger partial charge on any atom is -0.507 e. The standard InChI is InChI=1S/C46H43N3O/c1-45(2,3)36-28-33(29-37(30-36)46(4,5)6)32-25-34(39-18-9-10-21-42(39)50)27-35(26-32)40-19-14-23-44(48-40)49(43-22-11-12-24-47-43)41-20-13-16-31-15-7-8-17-38(31)41/h7-30,50H,1-6H3. The molecule has 4 heteroatoms. The van der Waals surface area contributed by atoms with Crippen LogP contribution in [0.1, 0.15) is 52.7 Å². The molecule has 0 radical (unpaired) electrons. The molecule has 0 atom stereocenters. The second-order valence-corrected chi connectivity index (χ2v) is 15.0. The summed E-state index contributed by atoms with van der Waals surface area (Å²) in [6.07, 6.45) is 1.82. The Hall–Kier alpha value is -5.74. The van der Waals surface area contributed by atoms with Gasteiger partial charge in [0.25, 0.3) is 0 Å². The maximum atomic E-state index is 11.0. The van der Waals surface area contributed by atoms with Crippen molar-refractivity contribution in [2.45, 2.75) is 52.4 Å². The normalized spacial score (nSPS) is 11.9. The van der Waals surface area contributed by atoms with E-state index >= 15 is 0 Å². The van der Waals surface area contributed by atoms with E-state index in [9.17, 15) is 5.11 Å². The second kappa shape index (κ2) is 12.9. The van der Waals surface area contributed by atoms with Crippen LogP contribution >= 0.6 is 0 Å². The highest BCUT2D eigenvalue weighted by atomic mass is 16.3. The van der Waals surface area contributed by atoms with Gasteiger partial charge in [-0.05, 0) is 98.6 Å². The molecule has 0 unspecified atom stereocenters. The summed E-state index contributed by atoms with van der Waals surface area (Å²) in [7, 11) is 0. The van der Waals surface area contributed by atoms with Crippen molar-refractivity contribution in [1.29, 1.82) is 0 Å². The zero-order valence-electron chi connectivity index (χ0n) is 29.6. The van der Waals surface area contributed by atoms with Crippen LogP contribution in [0.5, 0.6) is 5.75 Å². The van der Waals surface area contributed by atoms with Crippen molar-refractivity contribution in [2.24, 2.45) is 0 Å². The Morgan fingerprint density at radius 1 is 0.520 bits per heavy atom. The van der Waals surface area contributed by atoms with Crippen molar-refractivity contribution >= 4 is 28.1 Å². The van der Waals surface area contributed by atoms with Gasteiger partial charge in [0, 0.05) is 22.7 Å². The van der Waals surface area contributed by atoms with E-state index in [1.54, 1.807) is 6.07 Å². The van der Waals surface area contributed by atoms with E-state index in [1.807, 2.05) is 48.7 Å². The van der Waals surface area contributed by atoms with E-state index in [0.29, 0.717) is 0 Å². The van der Waals surface area contributed by atoms with Crippen molar-refractivity contribution in [2.75, 3.05) is 4.90 Å². The fourth-order valence-electron chi connectivity index (χ4n) is 6.44. The van der Waals surface area contributed by atoms with Gasteiger partial charge >= 0.3 is 0 Å². The Morgan fingerprint density at radius 2 is 1.12 bits per heavy atom. The highest BCUT2D eigenvalue weighted by molar-refractivity contribution is 5.98. The molecular formula is C46H43N3O. The summed E-state index contributed by atoms with van der Waals surface area (Å²) < 4.78 is 0. The van der Waals surface area contributed by atoms with Gasteiger partial charge in [-0.2, -0.15) is 0 Å². The zero-order chi connectivity index (χ0) is 35.0. The molecule has 0 saturated heterocycles. The van der Waals surface area contributed by atoms with Crippen LogP contribution in [0.4, 0.5) is 17.3 Å². The Labute approximate surface area is 295 Å². The first-order chi connectivity index (χ1) is 24.0. The van der Waals surface area contributed by atoms with Crippen LogP contribution < -0.4 is 4.90 Å². The van der Waals surface area contributed by atoms with Gasteiger partial charge in [-0.3, -0.25) is 4.90 Å². The van der Waals surface area contributed by atoms with Gasteiger partial charge in [0.05, 0.1) is 11.4 Å². The number of benzene rings is 5. The van der Waals surface area contributed by atoms with Crippen LogP contribution in [-0.2, 0) is 10.8 Å². The van der Waals surface area contributed by atoms with E-state index in [4.69, 9.17) is 9.97 Å². The summed E-state index contributed by atoms with van der Waals surface area (Å²) in [5, 5.41) is 13.3. The molecule has 5 aromatic carbocycles. The molecule has 2 aromatic heterocycles. The highest BCUT2D eigenvalue weighted by Crippen LogP contribution is 2.41. The molecule has 7 aromatic rings. The van der Waals surface area contributed by atoms with Crippen molar-refractivity contribution in [3.8, 4) is 39.3 Å². The van der Waals surface area contributed by atoms with Gasteiger partial charge in [0.2, 0.25) is 0 Å². The Balaban J connectivity index is 1.44. The van der Waals surface area contributed by atoms with Crippen LogP contribution in [0.2, 0.25) is 0 Å². The second-order valence-electron chi connectivity index (χ2n) is 15.0. The Morgan fingerprint density at radius 3 is 1.84 bits per heavy atom. The Kier molecular flexibility index (Phi) is 8.49. The lowest BCUT2D eigenvalue weighted by Gasteiger charge is -2.26. The number of aromatic hydroxyl groups is 1. The average Bonchev–Trinajstić information content (AvgIpc) is 3.11. The van der Waals surface area contributed by atoms with E-state index < -0.39 is 0 Å². The van der Waals surface area contributed by atoms with Gasteiger partial charge in [0.15, 0.2) is 0 Å². The number of anilines is 3. The molecule has 2 heterocycles. The molecular weight excluding hydrogens is 611 g/mol. The molecule has 0 aliphatic carbocycles. The third-order valence-electron chi connectivity index (χ3n) is 9.29. The number of hydrogen-bond acceptors (Lipinski definition) is 4. The lowest BCUT2D eigenvalue weighted by Crippen LogP contribution is -2.16. The first kappa shape index (κ1) is 32.8. The number of aromatic nitrogens is 2. The molecule has 50 heavy (non-hydrogen) atoms. The van der Waals surface area contributed by atoms with E-state index in [0.717, 1.165) is 61.6 Å². The van der Waals surface area contributed by atoms with Crippen molar-refractivity contribution in [1.82, 2.24) is 9.97 Å². The van der Waals surface area contributed by atoms with Crippen LogP contribution in [0.15, 0.2) is 146 Å². The highest BCUT2D eigenvalue weighted by Gasteiger charge is 2.22. The molecule has 1 N–H and O–H groups in total. The predicted octanol–water partition coefficient (Wildman–Crippen LogP) is 12.4. The fraction of sp³-hybridized carbons (Fsp3) is 0.174. The predicted molar refractivity (Wildman–Crippen MR) is 210 cm³/mol. The summed E-state index contributed by atoms with van der Waals surface area (Å²) in [5.41, 5.74) is 9.22. The van der Waals surface area contributed by atoms with Crippen LogP contribution in [0.3, 0.4) is 0 Å². The SMILES string of the molecule is CC(C)(C)c1cc(-c2cc(-c3cccc(N(c4ccccn4)c4cccc5ccccc45)n3)cc(-c3ccccc3O)c2)cc(C(C)(C)C)c1. The third kappa shape index (κ3) is 6.62. The molecule has 248 valence electrons. The Bertz CT molecular complexity index is 2270. The fourth-order valence-corrected chi connectivity index (χ4v) is 6.44. The third-order valence-corrected chi connectivity index (χ3v) is 9.29. The van der Waals surface area contributed by atoms with Crippen molar-refractivity contribution in [3.63, 3.8) is 0 Å². The number of rotatable bonds is 6. The maximum absolute atomic E-state index is 11.0. The average molecular weight is 654 g/mol. The molecule has 0 saturated carbocycles. The molecule has 0 aliphatic rings. The minimum absolute atomic E-state index is 0.0272. The first-order valence-corrected chi connectivity index (χ1v) is 17.2.